The number of carbonyl (C=O) groups is 2. The molecule has 0 saturated carbocycles. The van der Waals surface area contributed by atoms with Gasteiger partial charge in [0.1, 0.15) is 18.4 Å². The average molecular weight is 602 g/mol. The van der Waals surface area contributed by atoms with Gasteiger partial charge < -0.3 is 10.2 Å². The zero-order valence-electron chi connectivity index (χ0n) is 24.0. The van der Waals surface area contributed by atoms with E-state index >= 15 is 0 Å². The molecule has 0 unspecified atom stereocenters. The van der Waals surface area contributed by atoms with Crippen molar-refractivity contribution in [3.05, 3.63) is 94.3 Å². The molecule has 0 bridgehead atoms. The number of benzene rings is 3. The van der Waals surface area contributed by atoms with Crippen molar-refractivity contribution >= 4 is 39.1 Å². The molecule has 0 aliphatic heterocycles. The third-order valence-corrected chi connectivity index (χ3v) is 8.99. The van der Waals surface area contributed by atoms with E-state index in [0.29, 0.717) is 22.6 Å². The fourth-order valence-electron chi connectivity index (χ4n) is 4.35. The molecule has 3 rings (SSSR count). The van der Waals surface area contributed by atoms with Gasteiger partial charge in [-0.05, 0) is 81.1 Å². The van der Waals surface area contributed by atoms with Crippen LogP contribution in [-0.2, 0) is 26.2 Å². The fraction of sp³-hybridized carbons (Fsp3) is 0.355. The largest absolute Gasteiger partial charge is 0.352 e. The highest BCUT2D eigenvalue weighted by molar-refractivity contribution is 7.92. The number of nitrogens with zero attached hydrogens (tertiary/aromatic N) is 2. The van der Waals surface area contributed by atoms with E-state index in [1.54, 1.807) is 38.1 Å². The minimum absolute atomic E-state index is 0.0154. The van der Waals surface area contributed by atoms with E-state index in [0.717, 1.165) is 9.87 Å². The van der Waals surface area contributed by atoms with Crippen LogP contribution in [0.4, 0.5) is 10.1 Å². The summed E-state index contributed by atoms with van der Waals surface area (Å²) in [6, 6.07) is 15.8. The van der Waals surface area contributed by atoms with Crippen LogP contribution in [-0.4, -0.2) is 43.8 Å². The molecule has 2 amide bonds. The molecule has 0 saturated heterocycles. The van der Waals surface area contributed by atoms with Crippen molar-refractivity contribution in [3.8, 4) is 0 Å². The lowest BCUT2D eigenvalue weighted by Gasteiger charge is -2.34. The normalized spacial score (nSPS) is 12.9. The second-order valence-electron chi connectivity index (χ2n) is 10.1. The molecule has 0 fully saturated rings. The van der Waals surface area contributed by atoms with E-state index in [1.807, 2.05) is 20.8 Å². The Balaban J connectivity index is 2.10. The first-order valence-electron chi connectivity index (χ1n) is 13.6. The molecule has 0 radical (unpaired) electrons. The SMILES string of the molecule is CC[C@H](C)NC(=O)[C@H](CC)N(Cc1ccc(F)cc1)C(=O)CN(c1cc(Cl)ccc1C)S(=O)(=O)c1ccc(C)cc1. The Hall–Kier alpha value is -3.43. The van der Waals surface area contributed by atoms with Crippen molar-refractivity contribution in [1.29, 1.82) is 0 Å². The number of sulfonamides is 1. The molecule has 1 N–H and O–H groups in total. The molecule has 10 heteroatoms. The van der Waals surface area contributed by atoms with Gasteiger partial charge in [-0.25, -0.2) is 12.8 Å². The molecule has 3 aromatic rings. The number of nitrogens with one attached hydrogen (secondary N) is 1. The van der Waals surface area contributed by atoms with E-state index in [4.69, 9.17) is 11.6 Å². The van der Waals surface area contributed by atoms with Crippen LogP contribution in [0.25, 0.3) is 0 Å². The van der Waals surface area contributed by atoms with Crippen LogP contribution in [0.15, 0.2) is 71.6 Å². The first-order valence-corrected chi connectivity index (χ1v) is 15.4. The molecule has 0 aliphatic carbocycles. The molecule has 0 aliphatic rings. The summed E-state index contributed by atoms with van der Waals surface area (Å²) in [5.41, 5.74) is 2.34. The van der Waals surface area contributed by atoms with E-state index in [9.17, 15) is 22.4 Å². The summed E-state index contributed by atoms with van der Waals surface area (Å²) in [5, 5.41) is 3.24. The van der Waals surface area contributed by atoms with Gasteiger partial charge in [0.25, 0.3) is 10.0 Å². The summed E-state index contributed by atoms with van der Waals surface area (Å²) in [7, 11) is -4.22. The van der Waals surface area contributed by atoms with Gasteiger partial charge in [-0.1, -0.05) is 61.3 Å². The zero-order chi connectivity index (χ0) is 30.3. The number of carbonyl (C=O) groups excluding carboxylic acids is 2. The number of hydrogen-bond acceptors (Lipinski definition) is 4. The first-order chi connectivity index (χ1) is 19.4. The molecule has 3 aromatic carbocycles. The van der Waals surface area contributed by atoms with Crippen molar-refractivity contribution in [2.24, 2.45) is 0 Å². The Morgan fingerprint density at radius 3 is 2.17 bits per heavy atom. The third-order valence-electron chi connectivity index (χ3n) is 6.98. The molecule has 2 atom stereocenters. The summed E-state index contributed by atoms with van der Waals surface area (Å²) in [5.74, 6) is -1.36. The quantitative estimate of drug-likeness (QED) is 0.275. The van der Waals surface area contributed by atoms with Crippen LogP contribution >= 0.6 is 11.6 Å². The van der Waals surface area contributed by atoms with Gasteiger partial charge in [-0.2, -0.15) is 0 Å². The van der Waals surface area contributed by atoms with E-state index in [2.05, 4.69) is 5.32 Å². The second-order valence-corrected chi connectivity index (χ2v) is 12.4. The zero-order valence-corrected chi connectivity index (χ0v) is 25.6. The molecule has 0 aromatic heterocycles. The van der Waals surface area contributed by atoms with Crippen molar-refractivity contribution < 1.29 is 22.4 Å². The van der Waals surface area contributed by atoms with Gasteiger partial charge in [0, 0.05) is 17.6 Å². The summed E-state index contributed by atoms with van der Waals surface area (Å²) >= 11 is 6.27. The number of aryl methyl sites for hydroxylation is 2. The highest BCUT2D eigenvalue weighted by atomic mass is 35.5. The summed E-state index contributed by atoms with van der Waals surface area (Å²) in [6.45, 7) is 8.58. The van der Waals surface area contributed by atoms with Crippen molar-refractivity contribution in [3.63, 3.8) is 0 Å². The van der Waals surface area contributed by atoms with Crippen molar-refractivity contribution in [1.82, 2.24) is 10.2 Å². The highest BCUT2D eigenvalue weighted by Crippen LogP contribution is 2.30. The first kappa shape index (κ1) is 32.1. The highest BCUT2D eigenvalue weighted by Gasteiger charge is 2.34. The average Bonchev–Trinajstić information content (AvgIpc) is 2.94. The lowest BCUT2D eigenvalue weighted by atomic mass is 10.1. The van der Waals surface area contributed by atoms with Crippen LogP contribution < -0.4 is 9.62 Å². The Kier molecular flexibility index (Phi) is 10.9. The van der Waals surface area contributed by atoms with E-state index < -0.39 is 34.3 Å². The fourth-order valence-corrected chi connectivity index (χ4v) is 5.99. The maximum Gasteiger partial charge on any atom is 0.264 e. The van der Waals surface area contributed by atoms with Gasteiger partial charge in [0.2, 0.25) is 11.8 Å². The second kappa shape index (κ2) is 14.0. The van der Waals surface area contributed by atoms with Gasteiger partial charge >= 0.3 is 0 Å². The van der Waals surface area contributed by atoms with Gasteiger partial charge in [-0.3, -0.25) is 13.9 Å². The van der Waals surface area contributed by atoms with Gasteiger partial charge in [0.15, 0.2) is 0 Å². The molecule has 0 heterocycles. The topological polar surface area (TPSA) is 86.8 Å². The number of amides is 2. The van der Waals surface area contributed by atoms with Crippen LogP contribution in [0.2, 0.25) is 5.02 Å². The van der Waals surface area contributed by atoms with Crippen LogP contribution in [0.5, 0.6) is 0 Å². The van der Waals surface area contributed by atoms with Crippen molar-refractivity contribution in [2.75, 3.05) is 10.8 Å². The van der Waals surface area contributed by atoms with Gasteiger partial charge in [0.05, 0.1) is 10.6 Å². The molecular formula is C31H37ClFN3O4S. The third kappa shape index (κ3) is 8.07. The Morgan fingerprint density at radius 1 is 0.951 bits per heavy atom. The maximum absolute atomic E-state index is 14.1. The lowest BCUT2D eigenvalue weighted by molar-refractivity contribution is -0.140. The van der Waals surface area contributed by atoms with Crippen LogP contribution in [0.1, 0.15) is 50.3 Å². The summed E-state index contributed by atoms with van der Waals surface area (Å²) in [6.07, 6.45) is 0.987. The molecule has 41 heavy (non-hydrogen) atoms. The summed E-state index contributed by atoms with van der Waals surface area (Å²) < 4.78 is 42.7. The molecule has 0 spiro atoms. The number of halogens is 2. The standard InChI is InChI=1S/C31H37ClFN3O4S/c1-6-23(5)34-31(38)28(7-2)35(19-24-11-14-26(33)15-12-24)30(37)20-36(29-18-25(32)13-10-22(29)4)41(39,40)27-16-8-21(3)9-17-27/h8-18,23,28H,6-7,19-20H2,1-5H3,(H,34,38)/t23-,28-/m0/s1. The Bertz CT molecular complexity index is 1460. The monoisotopic (exact) mass is 601 g/mol. The number of rotatable bonds is 12. The summed E-state index contributed by atoms with van der Waals surface area (Å²) in [4.78, 5) is 28.8. The molecular weight excluding hydrogens is 565 g/mol. The van der Waals surface area contributed by atoms with E-state index in [1.165, 1.54) is 47.4 Å². The predicted molar refractivity (Wildman–Crippen MR) is 161 cm³/mol. The number of anilines is 1. The Morgan fingerprint density at radius 2 is 1.59 bits per heavy atom. The predicted octanol–water partition coefficient (Wildman–Crippen LogP) is 6.01. The maximum atomic E-state index is 14.1. The van der Waals surface area contributed by atoms with E-state index in [-0.39, 0.29) is 35.5 Å². The van der Waals surface area contributed by atoms with Crippen LogP contribution in [0.3, 0.4) is 0 Å². The lowest BCUT2D eigenvalue weighted by Crippen LogP contribution is -2.53. The smallest absolute Gasteiger partial charge is 0.264 e. The Labute approximate surface area is 247 Å². The van der Waals surface area contributed by atoms with Crippen molar-refractivity contribution in [2.45, 2.75) is 71.0 Å². The molecule has 7 nitrogen and oxygen atoms in total. The number of hydrogen-bond donors (Lipinski definition) is 1. The molecule has 220 valence electrons. The minimum atomic E-state index is -4.22. The van der Waals surface area contributed by atoms with Crippen LogP contribution in [0, 0.1) is 19.7 Å². The minimum Gasteiger partial charge on any atom is -0.352 e. The van der Waals surface area contributed by atoms with Gasteiger partial charge in [-0.15, -0.1) is 0 Å².